The molecule has 3 aromatic rings. The van der Waals surface area contributed by atoms with Crippen molar-refractivity contribution in [3.05, 3.63) is 95.6 Å². The predicted octanol–water partition coefficient (Wildman–Crippen LogP) is 5.39. The van der Waals surface area contributed by atoms with E-state index in [1.165, 1.54) is 11.8 Å². The third-order valence-electron chi connectivity index (χ3n) is 4.66. The fraction of sp³-hybridized carbons (Fsp3) is 0.208. The van der Waals surface area contributed by atoms with E-state index in [0.717, 1.165) is 27.3 Å². The third kappa shape index (κ3) is 4.96. The van der Waals surface area contributed by atoms with Gasteiger partial charge in [-0.2, -0.15) is 0 Å². The molecule has 2 unspecified atom stereocenters. The van der Waals surface area contributed by atoms with Gasteiger partial charge in [0.2, 0.25) is 5.91 Å². The zero-order valence-electron chi connectivity index (χ0n) is 16.4. The zero-order valence-corrected chi connectivity index (χ0v) is 17.2. The molecule has 0 aliphatic carbocycles. The fourth-order valence-electron chi connectivity index (χ4n) is 3.07. The van der Waals surface area contributed by atoms with Gasteiger partial charge in [-0.15, -0.1) is 11.8 Å². The van der Waals surface area contributed by atoms with Gasteiger partial charge in [0.05, 0.1) is 18.4 Å². The van der Waals surface area contributed by atoms with Crippen molar-refractivity contribution < 1.29 is 9.53 Å². The van der Waals surface area contributed by atoms with Gasteiger partial charge in [0.1, 0.15) is 5.75 Å². The highest BCUT2D eigenvalue weighted by molar-refractivity contribution is 8.00. The first kappa shape index (κ1) is 20.0. The van der Waals surface area contributed by atoms with Crippen LogP contribution in [0.5, 0.6) is 5.75 Å². The normalized spacial score (nSPS) is 12.8. The van der Waals surface area contributed by atoms with Gasteiger partial charge in [0.25, 0.3) is 0 Å². The van der Waals surface area contributed by atoms with Crippen LogP contribution in [0.1, 0.15) is 29.7 Å². The maximum absolute atomic E-state index is 13.0. The fourth-order valence-corrected chi connectivity index (χ4v) is 3.94. The average Bonchev–Trinajstić information content (AvgIpc) is 2.73. The molecule has 1 amide bonds. The number of rotatable bonds is 7. The van der Waals surface area contributed by atoms with Crippen LogP contribution in [0.15, 0.2) is 83.8 Å². The number of ether oxygens (including phenoxy) is 1. The van der Waals surface area contributed by atoms with Gasteiger partial charge in [-0.3, -0.25) is 4.79 Å². The lowest BCUT2D eigenvalue weighted by Crippen LogP contribution is -2.35. The Labute approximate surface area is 171 Å². The summed E-state index contributed by atoms with van der Waals surface area (Å²) >= 11 is 1.54. The van der Waals surface area contributed by atoms with E-state index in [9.17, 15) is 4.79 Å². The van der Waals surface area contributed by atoms with Crippen LogP contribution in [0.25, 0.3) is 0 Å². The highest BCUT2D eigenvalue weighted by Crippen LogP contribution is 2.28. The van der Waals surface area contributed by atoms with Gasteiger partial charge in [0.15, 0.2) is 0 Å². The molecule has 3 nitrogen and oxygen atoms in total. The number of benzene rings is 3. The van der Waals surface area contributed by atoms with Gasteiger partial charge in [-0.25, -0.2) is 0 Å². The predicted molar refractivity (Wildman–Crippen MR) is 116 cm³/mol. The molecule has 2 atom stereocenters. The van der Waals surface area contributed by atoms with Gasteiger partial charge in [-0.05, 0) is 54.8 Å². The Bertz CT molecular complexity index is 909. The van der Waals surface area contributed by atoms with Crippen molar-refractivity contribution in [3.8, 4) is 5.75 Å². The summed E-state index contributed by atoms with van der Waals surface area (Å²) in [4.78, 5) is 14.0. The van der Waals surface area contributed by atoms with Crippen LogP contribution < -0.4 is 10.1 Å². The van der Waals surface area contributed by atoms with Gasteiger partial charge in [0, 0.05) is 4.90 Å². The Hall–Kier alpha value is -2.72. The Kier molecular flexibility index (Phi) is 6.77. The topological polar surface area (TPSA) is 38.3 Å². The van der Waals surface area contributed by atoms with E-state index < -0.39 is 0 Å². The maximum atomic E-state index is 13.0. The van der Waals surface area contributed by atoms with Crippen molar-refractivity contribution in [1.29, 1.82) is 0 Å². The molecule has 0 bridgehead atoms. The summed E-state index contributed by atoms with van der Waals surface area (Å²) < 4.78 is 5.19. The smallest absolute Gasteiger partial charge is 0.233 e. The molecule has 144 valence electrons. The highest BCUT2D eigenvalue weighted by atomic mass is 32.2. The zero-order chi connectivity index (χ0) is 19.9. The summed E-state index contributed by atoms with van der Waals surface area (Å²) in [7, 11) is 1.65. The molecule has 3 aromatic carbocycles. The Morgan fingerprint density at radius 3 is 2.21 bits per heavy atom. The largest absolute Gasteiger partial charge is 0.497 e. The van der Waals surface area contributed by atoms with Crippen molar-refractivity contribution in [2.75, 3.05) is 7.11 Å². The lowest BCUT2D eigenvalue weighted by atomic mass is 9.95. The second-order valence-corrected chi connectivity index (χ2v) is 8.06. The molecule has 0 aromatic heterocycles. The first-order chi connectivity index (χ1) is 13.6. The molecule has 0 fully saturated rings. The monoisotopic (exact) mass is 391 g/mol. The number of hydrogen-bond acceptors (Lipinski definition) is 3. The van der Waals surface area contributed by atoms with E-state index in [-0.39, 0.29) is 17.2 Å². The van der Waals surface area contributed by atoms with Gasteiger partial charge in [-0.1, -0.05) is 54.6 Å². The lowest BCUT2D eigenvalue weighted by molar-refractivity contribution is -0.120. The van der Waals surface area contributed by atoms with Crippen molar-refractivity contribution >= 4 is 17.7 Å². The second-order valence-electron chi connectivity index (χ2n) is 6.64. The average molecular weight is 392 g/mol. The van der Waals surface area contributed by atoms with Crippen LogP contribution in [0.4, 0.5) is 0 Å². The number of carbonyl (C=O) groups excluding carboxylic acids is 1. The molecule has 0 aliphatic heterocycles. The first-order valence-electron chi connectivity index (χ1n) is 9.30. The Balaban J connectivity index is 1.78. The van der Waals surface area contributed by atoms with Crippen molar-refractivity contribution in [1.82, 2.24) is 5.32 Å². The number of hydrogen-bond donors (Lipinski definition) is 1. The van der Waals surface area contributed by atoms with Crippen LogP contribution in [-0.4, -0.2) is 18.3 Å². The maximum Gasteiger partial charge on any atom is 0.233 e. The van der Waals surface area contributed by atoms with Gasteiger partial charge >= 0.3 is 0 Å². The molecule has 28 heavy (non-hydrogen) atoms. The van der Waals surface area contributed by atoms with E-state index in [1.807, 2.05) is 61.5 Å². The summed E-state index contributed by atoms with van der Waals surface area (Å²) in [6.07, 6.45) is 0. The number of carbonyl (C=O) groups is 1. The van der Waals surface area contributed by atoms with Crippen LogP contribution in [-0.2, 0) is 4.79 Å². The number of methoxy groups -OCH3 is 1. The van der Waals surface area contributed by atoms with Crippen LogP contribution in [0.3, 0.4) is 0 Å². The molecule has 4 heteroatoms. The van der Waals surface area contributed by atoms with Crippen LogP contribution in [0.2, 0.25) is 0 Å². The number of nitrogens with one attached hydrogen (secondary N) is 1. The van der Waals surface area contributed by atoms with E-state index in [4.69, 9.17) is 4.74 Å². The molecular formula is C24H25NO2S. The quantitative estimate of drug-likeness (QED) is 0.549. The summed E-state index contributed by atoms with van der Waals surface area (Å²) in [5.41, 5.74) is 3.35. The van der Waals surface area contributed by atoms with E-state index in [2.05, 4.69) is 36.5 Å². The van der Waals surface area contributed by atoms with Crippen molar-refractivity contribution in [2.24, 2.45) is 0 Å². The van der Waals surface area contributed by atoms with Crippen LogP contribution in [0, 0.1) is 6.92 Å². The molecule has 0 saturated heterocycles. The number of amides is 1. The summed E-state index contributed by atoms with van der Waals surface area (Å²) in [6.45, 7) is 4.01. The van der Waals surface area contributed by atoms with Crippen molar-refractivity contribution in [3.63, 3.8) is 0 Å². The summed E-state index contributed by atoms with van der Waals surface area (Å²) in [6, 6.07) is 25.9. The Morgan fingerprint density at radius 1 is 0.929 bits per heavy atom. The second kappa shape index (κ2) is 9.47. The molecule has 3 rings (SSSR count). The molecule has 0 aliphatic rings. The molecular weight excluding hydrogens is 366 g/mol. The molecule has 0 heterocycles. The first-order valence-corrected chi connectivity index (χ1v) is 10.2. The third-order valence-corrected chi connectivity index (χ3v) is 5.77. The lowest BCUT2D eigenvalue weighted by Gasteiger charge is -2.23. The minimum Gasteiger partial charge on any atom is -0.497 e. The minimum atomic E-state index is -0.219. The SMILES string of the molecule is COc1ccc(SC(C)C(=O)NC(c2ccccc2)c2ccccc2C)cc1. The van der Waals surface area contributed by atoms with E-state index in [1.54, 1.807) is 7.11 Å². The molecule has 1 N–H and O–H groups in total. The molecule has 0 saturated carbocycles. The molecule has 0 spiro atoms. The van der Waals surface area contributed by atoms with E-state index in [0.29, 0.717) is 0 Å². The van der Waals surface area contributed by atoms with Gasteiger partial charge < -0.3 is 10.1 Å². The molecule has 0 radical (unpaired) electrons. The standard InChI is InChI=1S/C24H25NO2S/c1-17-9-7-8-12-22(17)23(19-10-5-4-6-11-19)25-24(26)18(2)28-21-15-13-20(27-3)14-16-21/h4-16,18,23H,1-3H3,(H,25,26). The Morgan fingerprint density at radius 2 is 1.57 bits per heavy atom. The number of aryl methyl sites for hydroxylation is 1. The minimum absolute atomic E-state index is 0.0120. The summed E-state index contributed by atoms with van der Waals surface area (Å²) in [5.74, 6) is 0.822. The van der Waals surface area contributed by atoms with E-state index >= 15 is 0 Å². The highest BCUT2D eigenvalue weighted by Gasteiger charge is 2.22. The number of thioether (sulfide) groups is 1. The summed E-state index contributed by atoms with van der Waals surface area (Å²) in [5, 5.41) is 3.03. The van der Waals surface area contributed by atoms with Crippen molar-refractivity contribution in [2.45, 2.75) is 30.0 Å². The van der Waals surface area contributed by atoms with Crippen LogP contribution >= 0.6 is 11.8 Å².